The molecule has 0 aromatic heterocycles. The molecule has 1 aromatic carbocycles. The quantitative estimate of drug-likeness (QED) is 0.759. The predicted molar refractivity (Wildman–Crippen MR) is 102 cm³/mol. The maximum absolute atomic E-state index is 12.5. The van der Waals surface area contributed by atoms with Gasteiger partial charge in [0.2, 0.25) is 10.0 Å². The third-order valence-corrected chi connectivity index (χ3v) is 6.69. The Kier molecular flexibility index (Phi) is 5.99. The summed E-state index contributed by atoms with van der Waals surface area (Å²) in [7, 11) is -3.55. The largest absolute Gasteiger partial charge is 0.350 e. The molecule has 0 radical (unpaired) electrons. The Balaban J connectivity index is 1.58. The van der Waals surface area contributed by atoms with Crippen LogP contribution in [0.15, 0.2) is 29.2 Å². The van der Waals surface area contributed by atoms with E-state index in [2.05, 4.69) is 28.8 Å². The second-order valence-corrected chi connectivity index (χ2v) is 9.44. The molecule has 1 aliphatic heterocycles. The third kappa shape index (κ3) is 5.05. The minimum Gasteiger partial charge on any atom is -0.350 e. The smallest absolute Gasteiger partial charge is 0.251 e. The van der Waals surface area contributed by atoms with Crippen molar-refractivity contribution in [1.82, 2.24) is 14.9 Å². The Labute approximate surface area is 156 Å². The van der Waals surface area contributed by atoms with Gasteiger partial charge in [0, 0.05) is 30.7 Å². The second kappa shape index (κ2) is 8.06. The molecule has 1 heterocycles. The molecule has 2 atom stereocenters. The van der Waals surface area contributed by atoms with E-state index in [0.29, 0.717) is 18.0 Å². The standard InChI is InChI=1S/C19H29N3O3S/c1-14-5-4-10-22(13-14)15(2)12-20-19(23)16-6-3-7-18(11-16)26(24,25)21-17-8-9-17/h3,6-7,11,14-15,17,21H,4-5,8-10,12-13H2,1-2H3,(H,20,23). The molecule has 1 aliphatic carbocycles. The molecule has 2 N–H and O–H groups in total. The van der Waals surface area contributed by atoms with Gasteiger partial charge in [-0.1, -0.05) is 13.0 Å². The van der Waals surface area contributed by atoms with Crippen molar-refractivity contribution in [3.63, 3.8) is 0 Å². The first-order valence-electron chi connectivity index (χ1n) is 9.50. The van der Waals surface area contributed by atoms with E-state index in [4.69, 9.17) is 0 Å². The van der Waals surface area contributed by atoms with E-state index >= 15 is 0 Å². The minimum atomic E-state index is -3.55. The summed E-state index contributed by atoms with van der Waals surface area (Å²) in [4.78, 5) is 15.0. The van der Waals surface area contributed by atoms with Crippen molar-refractivity contribution >= 4 is 15.9 Å². The number of hydrogen-bond donors (Lipinski definition) is 2. The number of carbonyl (C=O) groups is 1. The molecule has 6 nitrogen and oxygen atoms in total. The number of nitrogens with one attached hydrogen (secondary N) is 2. The zero-order chi connectivity index (χ0) is 18.7. The summed E-state index contributed by atoms with van der Waals surface area (Å²) < 4.78 is 27.3. The van der Waals surface area contributed by atoms with Crippen LogP contribution in [-0.2, 0) is 10.0 Å². The van der Waals surface area contributed by atoms with Crippen LogP contribution in [0.3, 0.4) is 0 Å². The summed E-state index contributed by atoms with van der Waals surface area (Å²) in [6.45, 7) is 7.08. The SMILES string of the molecule is CC1CCCN(C(C)CNC(=O)c2cccc(S(=O)(=O)NC3CC3)c2)C1. The molecule has 1 aromatic rings. The van der Waals surface area contributed by atoms with Crippen LogP contribution in [0.4, 0.5) is 0 Å². The van der Waals surface area contributed by atoms with E-state index in [1.807, 2.05) is 0 Å². The average Bonchev–Trinajstić information content (AvgIpc) is 3.42. The Bertz CT molecular complexity index is 746. The van der Waals surface area contributed by atoms with Gasteiger partial charge in [-0.3, -0.25) is 9.69 Å². The lowest BCUT2D eigenvalue weighted by molar-refractivity contribution is 0.0917. The molecular weight excluding hydrogens is 350 g/mol. The first-order chi connectivity index (χ1) is 12.3. The summed E-state index contributed by atoms with van der Waals surface area (Å²) in [6, 6.07) is 6.56. The number of hydrogen-bond acceptors (Lipinski definition) is 4. The molecule has 0 bridgehead atoms. The van der Waals surface area contributed by atoms with Gasteiger partial charge < -0.3 is 5.32 Å². The number of sulfonamides is 1. The monoisotopic (exact) mass is 379 g/mol. The predicted octanol–water partition coefficient (Wildman–Crippen LogP) is 1.98. The number of piperidine rings is 1. The van der Waals surface area contributed by atoms with Crippen LogP contribution in [-0.4, -0.2) is 50.9 Å². The molecular formula is C19H29N3O3S. The topological polar surface area (TPSA) is 78.5 Å². The molecule has 1 saturated heterocycles. The van der Waals surface area contributed by atoms with E-state index in [0.717, 1.165) is 25.9 Å². The highest BCUT2D eigenvalue weighted by molar-refractivity contribution is 7.89. The van der Waals surface area contributed by atoms with Gasteiger partial charge >= 0.3 is 0 Å². The molecule has 0 spiro atoms. The van der Waals surface area contributed by atoms with Gasteiger partial charge in [-0.15, -0.1) is 0 Å². The van der Waals surface area contributed by atoms with Gasteiger partial charge in [-0.2, -0.15) is 0 Å². The molecule has 3 rings (SSSR count). The van der Waals surface area contributed by atoms with Crippen LogP contribution in [0.1, 0.15) is 49.9 Å². The highest BCUT2D eigenvalue weighted by Crippen LogP contribution is 2.22. The number of carbonyl (C=O) groups excluding carboxylic acids is 1. The molecule has 144 valence electrons. The van der Waals surface area contributed by atoms with E-state index < -0.39 is 10.0 Å². The van der Waals surface area contributed by atoms with Gasteiger partial charge in [-0.25, -0.2) is 13.1 Å². The first kappa shape index (κ1) is 19.3. The number of rotatable bonds is 7. The van der Waals surface area contributed by atoms with Crippen LogP contribution in [0.25, 0.3) is 0 Å². The summed E-state index contributed by atoms with van der Waals surface area (Å²) in [6.07, 6.45) is 4.23. The van der Waals surface area contributed by atoms with Crippen LogP contribution in [0.5, 0.6) is 0 Å². The van der Waals surface area contributed by atoms with Crippen molar-refractivity contribution in [3.05, 3.63) is 29.8 Å². The van der Waals surface area contributed by atoms with Crippen molar-refractivity contribution in [2.24, 2.45) is 5.92 Å². The normalized spacial score (nSPS) is 22.8. The second-order valence-electron chi connectivity index (χ2n) is 7.72. The Morgan fingerprint density at radius 2 is 2.08 bits per heavy atom. The van der Waals surface area contributed by atoms with Crippen molar-refractivity contribution in [2.75, 3.05) is 19.6 Å². The number of benzene rings is 1. The summed E-state index contributed by atoms with van der Waals surface area (Å²) in [5.41, 5.74) is 0.378. The Hall–Kier alpha value is -1.44. The average molecular weight is 380 g/mol. The molecule has 1 amide bonds. The summed E-state index contributed by atoms with van der Waals surface area (Å²) >= 11 is 0. The maximum Gasteiger partial charge on any atom is 0.251 e. The first-order valence-corrected chi connectivity index (χ1v) is 11.0. The van der Waals surface area contributed by atoms with Gasteiger partial charge in [0.15, 0.2) is 0 Å². The van der Waals surface area contributed by atoms with Crippen LogP contribution in [0, 0.1) is 5.92 Å². The molecule has 7 heteroatoms. The summed E-state index contributed by atoms with van der Waals surface area (Å²) in [5.74, 6) is 0.466. The zero-order valence-corrected chi connectivity index (χ0v) is 16.4. The highest BCUT2D eigenvalue weighted by atomic mass is 32.2. The van der Waals surface area contributed by atoms with Crippen LogP contribution >= 0.6 is 0 Å². The van der Waals surface area contributed by atoms with Gasteiger partial charge in [0.25, 0.3) is 5.91 Å². The molecule has 2 unspecified atom stereocenters. The third-order valence-electron chi connectivity index (χ3n) is 5.18. The van der Waals surface area contributed by atoms with Crippen molar-refractivity contribution in [2.45, 2.75) is 56.5 Å². The number of nitrogens with zero attached hydrogens (tertiary/aromatic N) is 1. The highest BCUT2D eigenvalue weighted by Gasteiger charge is 2.28. The Morgan fingerprint density at radius 3 is 2.77 bits per heavy atom. The van der Waals surface area contributed by atoms with E-state index in [-0.39, 0.29) is 22.9 Å². The number of amides is 1. The fourth-order valence-electron chi connectivity index (χ4n) is 3.39. The molecule has 2 fully saturated rings. The zero-order valence-electron chi connectivity index (χ0n) is 15.6. The fraction of sp³-hybridized carbons (Fsp3) is 0.632. The number of likely N-dealkylation sites (tertiary alicyclic amines) is 1. The van der Waals surface area contributed by atoms with Gasteiger partial charge in [-0.05, 0) is 63.3 Å². The van der Waals surface area contributed by atoms with Crippen LogP contribution in [0.2, 0.25) is 0 Å². The van der Waals surface area contributed by atoms with E-state index in [9.17, 15) is 13.2 Å². The maximum atomic E-state index is 12.5. The van der Waals surface area contributed by atoms with Gasteiger partial charge in [0.1, 0.15) is 0 Å². The van der Waals surface area contributed by atoms with Crippen LogP contribution < -0.4 is 10.0 Å². The Morgan fingerprint density at radius 1 is 1.31 bits per heavy atom. The molecule has 1 saturated carbocycles. The lowest BCUT2D eigenvalue weighted by atomic mass is 9.99. The van der Waals surface area contributed by atoms with Crippen molar-refractivity contribution in [1.29, 1.82) is 0 Å². The lowest BCUT2D eigenvalue weighted by Crippen LogP contribution is -2.46. The molecule has 2 aliphatic rings. The van der Waals surface area contributed by atoms with E-state index in [1.54, 1.807) is 12.1 Å². The van der Waals surface area contributed by atoms with Crippen molar-refractivity contribution < 1.29 is 13.2 Å². The van der Waals surface area contributed by atoms with Gasteiger partial charge in [0.05, 0.1) is 4.90 Å². The lowest BCUT2D eigenvalue weighted by Gasteiger charge is -2.35. The van der Waals surface area contributed by atoms with E-state index in [1.165, 1.54) is 25.0 Å². The fourth-order valence-corrected chi connectivity index (χ4v) is 4.74. The minimum absolute atomic E-state index is 0.0465. The summed E-state index contributed by atoms with van der Waals surface area (Å²) in [5, 5.41) is 2.95. The molecule has 26 heavy (non-hydrogen) atoms. The van der Waals surface area contributed by atoms with Crippen molar-refractivity contribution in [3.8, 4) is 0 Å².